The van der Waals surface area contributed by atoms with E-state index in [-0.39, 0.29) is 23.6 Å². The summed E-state index contributed by atoms with van der Waals surface area (Å²) in [7, 11) is 1.97. The molecule has 0 aliphatic carbocycles. The number of nitrogens with zero attached hydrogens (tertiary/aromatic N) is 4. The average Bonchev–Trinajstić information content (AvgIpc) is 3.62. The highest BCUT2D eigenvalue weighted by Gasteiger charge is 2.43. The fraction of sp³-hybridized carbons (Fsp3) is 0.400. The largest absolute Gasteiger partial charge is 0.350 e. The van der Waals surface area contributed by atoms with Crippen LogP contribution in [-0.2, 0) is 29.7 Å². The van der Waals surface area contributed by atoms with Crippen molar-refractivity contribution in [3.63, 3.8) is 0 Å². The van der Waals surface area contributed by atoms with Gasteiger partial charge in [0.15, 0.2) is 0 Å². The van der Waals surface area contributed by atoms with E-state index in [4.69, 9.17) is 0 Å². The first kappa shape index (κ1) is 25.7. The molecule has 2 aliphatic heterocycles. The highest BCUT2D eigenvalue weighted by Crippen LogP contribution is 2.30. The van der Waals surface area contributed by atoms with Crippen molar-refractivity contribution in [2.75, 3.05) is 6.54 Å². The summed E-state index contributed by atoms with van der Waals surface area (Å²) in [6, 6.07) is 14.4. The highest BCUT2D eigenvalue weighted by molar-refractivity contribution is 6.01. The number of carbonyl (C=O) groups excluding carboxylic acids is 3. The van der Waals surface area contributed by atoms with Crippen molar-refractivity contribution < 1.29 is 14.4 Å². The zero-order valence-electron chi connectivity index (χ0n) is 22.5. The van der Waals surface area contributed by atoms with E-state index in [9.17, 15) is 14.4 Å². The maximum absolute atomic E-state index is 13.8. The smallest absolute Gasteiger partial charge is 0.255 e. The Hall–Kier alpha value is -3.94. The molecule has 3 aromatic rings. The van der Waals surface area contributed by atoms with Crippen LogP contribution in [-0.4, -0.2) is 55.7 Å². The van der Waals surface area contributed by atoms with Crippen LogP contribution in [0.5, 0.6) is 0 Å². The first-order chi connectivity index (χ1) is 18.3. The zero-order chi connectivity index (χ0) is 27.0. The zero-order valence-corrected chi connectivity index (χ0v) is 22.5. The Morgan fingerprint density at radius 3 is 2.50 bits per heavy atom. The molecule has 1 fully saturated rings. The number of imidazole rings is 1. The third-order valence-electron chi connectivity index (χ3n) is 7.83. The van der Waals surface area contributed by atoms with Gasteiger partial charge in [0, 0.05) is 43.5 Å². The number of rotatable bonds is 7. The van der Waals surface area contributed by atoms with Gasteiger partial charge in [0.05, 0.1) is 12.0 Å². The molecule has 1 aromatic heterocycles. The Balaban J connectivity index is 1.24. The van der Waals surface area contributed by atoms with Gasteiger partial charge in [-0.05, 0) is 42.9 Å². The number of benzene rings is 2. The SMILES string of the molecule is Cc1c(-c2ccc(CNC(=O)C3CCCN3C(=O)C(C(C)C)N3Cc4ccccc4C3=O)cc2)ncn1C. The van der Waals surface area contributed by atoms with Crippen LogP contribution in [0.15, 0.2) is 54.9 Å². The van der Waals surface area contributed by atoms with E-state index in [1.165, 1.54) is 0 Å². The normalized spacial score (nSPS) is 17.7. The molecule has 8 nitrogen and oxygen atoms in total. The molecule has 0 radical (unpaired) electrons. The van der Waals surface area contributed by atoms with Crippen LogP contribution in [0.3, 0.4) is 0 Å². The van der Waals surface area contributed by atoms with Gasteiger partial charge in [0.1, 0.15) is 12.1 Å². The first-order valence-corrected chi connectivity index (χ1v) is 13.3. The second kappa shape index (κ2) is 10.4. The van der Waals surface area contributed by atoms with Gasteiger partial charge in [-0.25, -0.2) is 4.98 Å². The average molecular weight is 514 g/mol. The molecule has 1 N–H and O–H groups in total. The van der Waals surface area contributed by atoms with E-state index < -0.39 is 12.1 Å². The molecule has 2 aromatic carbocycles. The Morgan fingerprint density at radius 1 is 1.11 bits per heavy atom. The molecule has 8 heteroatoms. The molecule has 3 amide bonds. The summed E-state index contributed by atoms with van der Waals surface area (Å²) in [4.78, 5) is 48.0. The van der Waals surface area contributed by atoms with Gasteiger partial charge >= 0.3 is 0 Å². The fourth-order valence-corrected chi connectivity index (χ4v) is 5.62. The molecule has 0 saturated carbocycles. The van der Waals surface area contributed by atoms with Crippen LogP contribution in [0.25, 0.3) is 11.3 Å². The molecule has 3 heterocycles. The van der Waals surface area contributed by atoms with Crippen LogP contribution in [0, 0.1) is 12.8 Å². The van der Waals surface area contributed by atoms with Gasteiger partial charge in [0.25, 0.3) is 5.91 Å². The highest BCUT2D eigenvalue weighted by atomic mass is 16.2. The summed E-state index contributed by atoms with van der Waals surface area (Å²) in [5.74, 6) is -0.489. The van der Waals surface area contributed by atoms with Crippen molar-refractivity contribution >= 4 is 17.7 Å². The maximum atomic E-state index is 13.8. The molecule has 1 saturated heterocycles. The van der Waals surface area contributed by atoms with Crippen LogP contribution >= 0.6 is 0 Å². The van der Waals surface area contributed by atoms with E-state index in [0.717, 1.165) is 34.5 Å². The number of aromatic nitrogens is 2. The van der Waals surface area contributed by atoms with E-state index in [1.807, 2.05) is 80.9 Å². The maximum Gasteiger partial charge on any atom is 0.255 e. The van der Waals surface area contributed by atoms with Gasteiger partial charge in [-0.1, -0.05) is 56.3 Å². The topological polar surface area (TPSA) is 87.5 Å². The Morgan fingerprint density at radius 2 is 1.84 bits per heavy atom. The molecule has 2 atom stereocenters. The van der Waals surface area contributed by atoms with Crippen molar-refractivity contribution in [1.29, 1.82) is 0 Å². The number of likely N-dealkylation sites (tertiary alicyclic amines) is 1. The first-order valence-electron chi connectivity index (χ1n) is 13.3. The Labute approximate surface area is 223 Å². The number of nitrogens with one attached hydrogen (secondary N) is 1. The number of carbonyl (C=O) groups is 3. The summed E-state index contributed by atoms with van der Waals surface area (Å²) < 4.78 is 1.99. The molecule has 198 valence electrons. The van der Waals surface area contributed by atoms with Gasteiger partial charge in [-0.3, -0.25) is 14.4 Å². The molecule has 38 heavy (non-hydrogen) atoms. The second-order valence-electron chi connectivity index (χ2n) is 10.7. The summed E-state index contributed by atoms with van der Waals surface area (Å²) >= 11 is 0. The molecule has 2 aliphatic rings. The predicted molar refractivity (Wildman–Crippen MR) is 145 cm³/mol. The van der Waals surface area contributed by atoms with Crippen molar-refractivity contribution in [2.45, 2.75) is 58.8 Å². The minimum absolute atomic E-state index is 0.0775. The predicted octanol–water partition coefficient (Wildman–Crippen LogP) is 3.68. The van der Waals surface area contributed by atoms with Crippen molar-refractivity contribution in [3.05, 3.63) is 77.2 Å². The van der Waals surface area contributed by atoms with E-state index in [1.54, 1.807) is 16.1 Å². The van der Waals surface area contributed by atoms with Crippen LogP contribution in [0.4, 0.5) is 0 Å². The number of fused-ring (bicyclic) bond motifs is 1. The molecule has 5 rings (SSSR count). The lowest BCUT2D eigenvalue weighted by atomic mass is 10.0. The molecule has 0 bridgehead atoms. The fourth-order valence-electron chi connectivity index (χ4n) is 5.62. The third kappa shape index (κ3) is 4.71. The van der Waals surface area contributed by atoms with Gasteiger partial charge < -0.3 is 19.7 Å². The molecular weight excluding hydrogens is 478 g/mol. The quantitative estimate of drug-likeness (QED) is 0.522. The van der Waals surface area contributed by atoms with Gasteiger partial charge in [-0.2, -0.15) is 0 Å². The molecular formula is C30H35N5O3. The van der Waals surface area contributed by atoms with Crippen molar-refractivity contribution in [1.82, 2.24) is 24.7 Å². The summed E-state index contributed by atoms with van der Waals surface area (Å²) in [5, 5.41) is 3.03. The molecule has 0 spiro atoms. The van der Waals surface area contributed by atoms with Gasteiger partial charge in [0.2, 0.25) is 11.8 Å². The Bertz CT molecular complexity index is 1360. The van der Waals surface area contributed by atoms with E-state index in [2.05, 4.69) is 10.3 Å². The van der Waals surface area contributed by atoms with Gasteiger partial charge in [-0.15, -0.1) is 0 Å². The number of hydrogen-bond donors (Lipinski definition) is 1. The van der Waals surface area contributed by atoms with Crippen molar-refractivity contribution in [2.24, 2.45) is 13.0 Å². The minimum atomic E-state index is -0.606. The van der Waals surface area contributed by atoms with Crippen LogP contribution in [0.2, 0.25) is 0 Å². The minimum Gasteiger partial charge on any atom is -0.350 e. The second-order valence-corrected chi connectivity index (χ2v) is 10.7. The lowest BCUT2D eigenvalue weighted by Crippen LogP contribution is -2.55. The summed E-state index contributed by atoms with van der Waals surface area (Å²) in [6.07, 6.45) is 3.19. The lowest BCUT2D eigenvalue weighted by molar-refractivity contribution is -0.143. The van der Waals surface area contributed by atoms with Crippen LogP contribution in [0.1, 0.15) is 53.9 Å². The van der Waals surface area contributed by atoms with Crippen LogP contribution < -0.4 is 5.32 Å². The summed E-state index contributed by atoms with van der Waals surface area (Å²) in [6.45, 7) is 7.27. The van der Waals surface area contributed by atoms with Crippen molar-refractivity contribution in [3.8, 4) is 11.3 Å². The number of aryl methyl sites for hydroxylation is 1. The number of hydrogen-bond acceptors (Lipinski definition) is 4. The lowest BCUT2D eigenvalue weighted by Gasteiger charge is -2.35. The summed E-state index contributed by atoms with van der Waals surface area (Å²) in [5.41, 5.74) is 5.65. The number of amides is 3. The standard InChI is InChI=1S/C30H35N5O3/c1-19(2)27(35-17-23-8-5-6-9-24(23)29(35)37)30(38)34-15-7-10-25(34)28(36)31-16-21-11-13-22(14-12-21)26-20(3)33(4)18-32-26/h5-6,8-9,11-14,18-19,25,27H,7,10,15-17H2,1-4H3,(H,31,36). The molecule has 2 unspecified atom stereocenters. The monoisotopic (exact) mass is 513 g/mol. The Kier molecular flexibility index (Phi) is 7.06. The third-order valence-corrected chi connectivity index (χ3v) is 7.83. The van der Waals surface area contributed by atoms with E-state index in [0.29, 0.717) is 31.6 Å². The van der Waals surface area contributed by atoms with E-state index >= 15 is 0 Å².